The summed E-state index contributed by atoms with van der Waals surface area (Å²) in [5.41, 5.74) is 0. The van der Waals surface area contributed by atoms with E-state index >= 15 is 0 Å². The van der Waals surface area contributed by atoms with Crippen molar-refractivity contribution >= 4 is 8.19 Å². The summed E-state index contributed by atoms with van der Waals surface area (Å²) in [7, 11) is 0.948. The van der Waals surface area contributed by atoms with Crippen LogP contribution in [0.5, 0.6) is 0 Å². The van der Waals surface area contributed by atoms with Gasteiger partial charge >= 0.3 is 0 Å². The Balaban J connectivity index is 0.000000250. The molecule has 0 unspecified atom stereocenters. The molecular weight excluding hydrogens is 276 g/mol. The first-order valence-electron chi connectivity index (χ1n) is 1.58. The van der Waals surface area contributed by atoms with Crippen LogP contribution in [0.2, 0.25) is 0 Å². The first kappa shape index (κ1) is 6.52. The van der Waals surface area contributed by atoms with Gasteiger partial charge in [0.05, 0.1) is 0 Å². The number of rotatable bonds is 0. The summed E-state index contributed by atoms with van der Waals surface area (Å²) >= 11 is 0. The van der Waals surface area contributed by atoms with Crippen LogP contribution in [-0.4, -0.2) is 0 Å². The van der Waals surface area contributed by atoms with Crippen molar-refractivity contribution in [3.63, 3.8) is 0 Å². The molecule has 2 heteroatoms. The third kappa shape index (κ3) is 1.84. The largest absolute Gasteiger partial charge is 0.140 e. The second-order valence-electron chi connectivity index (χ2n) is 0.885. The van der Waals surface area contributed by atoms with Crippen LogP contribution in [0.1, 0.15) is 0 Å². The molecule has 1 aromatic rings. The van der Waals surface area contributed by atoms with Crippen molar-refractivity contribution in [1.29, 1.82) is 0 Å². The van der Waals surface area contributed by atoms with Gasteiger partial charge in [0.1, 0.15) is 0 Å². The van der Waals surface area contributed by atoms with Gasteiger partial charge in [-0.3, -0.25) is 0 Å². The van der Waals surface area contributed by atoms with Gasteiger partial charge in [-0.2, -0.15) is 0 Å². The van der Waals surface area contributed by atoms with Crippen LogP contribution in [0.4, 0.5) is 0 Å². The van der Waals surface area contributed by atoms with E-state index in [1.807, 2.05) is 0 Å². The Morgan fingerprint density at radius 3 is 1.67 bits per heavy atom. The average Bonchev–Trinajstić information content (AvgIpc) is 1.76. The average molecular weight is 281 g/mol. The van der Waals surface area contributed by atoms with Crippen LogP contribution in [-0.2, 0) is 22.4 Å². The van der Waals surface area contributed by atoms with E-state index < -0.39 is 0 Å². The van der Waals surface area contributed by atoms with Crippen LogP contribution in [0.25, 0.3) is 0 Å². The minimum atomic E-state index is 0. The summed E-state index contributed by atoms with van der Waals surface area (Å²) in [4.78, 5) is 0. The fourth-order valence-corrected chi connectivity index (χ4v) is 0.833. The van der Waals surface area contributed by atoms with Crippen LogP contribution < -0.4 is 0 Å². The molecule has 0 bridgehead atoms. The minimum Gasteiger partial charge on any atom is -0.140 e. The molecule has 1 aromatic heterocycles. The topological polar surface area (TPSA) is 0 Å². The molecule has 1 radical (unpaired) electrons. The molecule has 0 N–H and O–H groups in total. The van der Waals surface area contributed by atoms with Gasteiger partial charge in [0.25, 0.3) is 0 Å². The SMILES string of the molecule is [Au].c1cc[pH]c1. The maximum atomic E-state index is 2.15. The summed E-state index contributed by atoms with van der Waals surface area (Å²) in [6, 6.07) is 4.14. The summed E-state index contributed by atoms with van der Waals surface area (Å²) in [5, 5.41) is 0. The standard InChI is InChI=1S/C4H5P.Au/c1-2-4-5-3-1;/h1-5H;. The molecule has 37 valence electrons. The molecule has 0 aliphatic heterocycles. The van der Waals surface area contributed by atoms with E-state index in [4.69, 9.17) is 0 Å². The van der Waals surface area contributed by atoms with Crippen molar-refractivity contribution in [3.8, 4) is 0 Å². The van der Waals surface area contributed by atoms with Crippen LogP contribution in [0.3, 0.4) is 0 Å². The Hall–Kier alpha value is 0.520. The molecule has 0 spiro atoms. The van der Waals surface area contributed by atoms with Gasteiger partial charge in [-0.05, 0) is 11.6 Å². The van der Waals surface area contributed by atoms with Gasteiger partial charge in [-0.15, -0.1) is 8.19 Å². The number of hydrogen-bond donors (Lipinski definition) is 0. The molecule has 0 saturated carbocycles. The normalized spacial score (nSPS) is 6.67. The predicted octanol–water partition coefficient (Wildman–Crippen LogP) is 1.72. The van der Waals surface area contributed by atoms with E-state index in [0.717, 1.165) is 8.19 Å². The Morgan fingerprint density at radius 2 is 1.50 bits per heavy atom. The smallest absolute Gasteiger partial charge is 0 e. The molecule has 1 rings (SSSR count). The van der Waals surface area contributed by atoms with Gasteiger partial charge in [-0.1, -0.05) is 12.1 Å². The van der Waals surface area contributed by atoms with E-state index in [1.165, 1.54) is 0 Å². The molecule has 0 saturated heterocycles. The Morgan fingerprint density at radius 1 is 1.00 bits per heavy atom. The first-order chi connectivity index (χ1) is 2.50. The first-order valence-corrected chi connectivity index (χ1v) is 2.73. The van der Waals surface area contributed by atoms with Crippen molar-refractivity contribution in [2.45, 2.75) is 0 Å². The summed E-state index contributed by atoms with van der Waals surface area (Å²) in [5.74, 6) is 4.31. The van der Waals surface area contributed by atoms with Crippen molar-refractivity contribution in [2.75, 3.05) is 0 Å². The molecule has 0 fully saturated rings. The van der Waals surface area contributed by atoms with Crippen LogP contribution in [0.15, 0.2) is 23.7 Å². The second kappa shape index (κ2) is 3.70. The van der Waals surface area contributed by atoms with Gasteiger partial charge < -0.3 is 0 Å². The maximum Gasteiger partial charge on any atom is 0 e. The van der Waals surface area contributed by atoms with Crippen molar-refractivity contribution in [2.24, 2.45) is 0 Å². The Kier molecular flexibility index (Phi) is 4.02. The summed E-state index contributed by atoms with van der Waals surface area (Å²) < 4.78 is 0. The van der Waals surface area contributed by atoms with Crippen LogP contribution >= 0.6 is 8.19 Å². The Labute approximate surface area is 54.6 Å². The zero-order chi connectivity index (χ0) is 3.54. The van der Waals surface area contributed by atoms with E-state index in [9.17, 15) is 0 Å². The zero-order valence-corrected chi connectivity index (χ0v) is 6.28. The molecule has 6 heavy (non-hydrogen) atoms. The fraction of sp³-hybridized carbons (Fsp3) is 0. The third-order valence-electron chi connectivity index (χ3n) is 0.496. The van der Waals surface area contributed by atoms with E-state index in [-0.39, 0.29) is 22.4 Å². The monoisotopic (exact) mass is 281 g/mol. The van der Waals surface area contributed by atoms with Gasteiger partial charge in [0, 0.05) is 22.4 Å². The quantitative estimate of drug-likeness (QED) is 0.635. The minimum absolute atomic E-state index is 0. The van der Waals surface area contributed by atoms with Crippen molar-refractivity contribution in [3.05, 3.63) is 23.7 Å². The van der Waals surface area contributed by atoms with E-state index in [1.54, 1.807) is 0 Å². The third-order valence-corrected chi connectivity index (χ3v) is 1.27. The summed E-state index contributed by atoms with van der Waals surface area (Å²) in [6.07, 6.45) is 0. The predicted molar refractivity (Wildman–Crippen MR) is 25.9 cm³/mol. The van der Waals surface area contributed by atoms with Crippen molar-refractivity contribution in [1.82, 2.24) is 0 Å². The van der Waals surface area contributed by atoms with Gasteiger partial charge in [0.15, 0.2) is 0 Å². The van der Waals surface area contributed by atoms with Crippen molar-refractivity contribution < 1.29 is 22.4 Å². The molecule has 0 aliphatic carbocycles. The number of hydrogen-bond acceptors (Lipinski definition) is 0. The molecule has 1 heterocycles. The zero-order valence-electron chi connectivity index (χ0n) is 3.11. The van der Waals surface area contributed by atoms with Crippen LogP contribution in [0, 0.1) is 0 Å². The fourth-order valence-electron chi connectivity index (χ4n) is 0.278. The summed E-state index contributed by atoms with van der Waals surface area (Å²) in [6.45, 7) is 0. The van der Waals surface area contributed by atoms with E-state index in [0.29, 0.717) is 0 Å². The Bertz CT molecular complexity index is 64.0. The molecule has 0 aromatic carbocycles. The molecule has 0 atom stereocenters. The second-order valence-corrected chi connectivity index (χ2v) is 1.88. The van der Waals surface area contributed by atoms with Gasteiger partial charge in [-0.25, -0.2) is 0 Å². The molecule has 0 nitrogen and oxygen atoms in total. The van der Waals surface area contributed by atoms with Gasteiger partial charge in [0.2, 0.25) is 0 Å². The maximum absolute atomic E-state index is 2.15. The molecule has 0 amide bonds. The molecule has 0 aliphatic rings. The molecular formula is C4H5AuP. The van der Waals surface area contributed by atoms with E-state index in [2.05, 4.69) is 23.7 Å².